The van der Waals surface area contributed by atoms with Crippen LogP contribution in [0.5, 0.6) is 0 Å². The number of fused-ring (bicyclic) bond motifs is 1. The van der Waals surface area contributed by atoms with Gasteiger partial charge in [-0.25, -0.2) is 13.4 Å². The zero-order valence-corrected chi connectivity index (χ0v) is 14.8. The van der Waals surface area contributed by atoms with E-state index in [1.807, 2.05) is 0 Å². The minimum Gasteiger partial charge on any atom is -0.351 e. The largest absolute Gasteiger partial charge is 0.351 e. The molecule has 3 aromatic heterocycles. The molecule has 4 heterocycles. The van der Waals surface area contributed by atoms with Gasteiger partial charge in [0.25, 0.3) is 11.7 Å². The van der Waals surface area contributed by atoms with Crippen molar-refractivity contribution >= 4 is 21.5 Å². The summed E-state index contributed by atoms with van der Waals surface area (Å²) in [5, 5.41) is 7.70. The summed E-state index contributed by atoms with van der Waals surface area (Å²) in [6, 6.07) is 1.51. The molecule has 4 rings (SSSR count). The van der Waals surface area contributed by atoms with Gasteiger partial charge >= 0.3 is 0 Å². The van der Waals surface area contributed by atoms with Gasteiger partial charge in [0.05, 0.1) is 18.1 Å². The molecule has 0 aliphatic carbocycles. The molecular formula is C15H16N6O4S. The Balaban J connectivity index is 1.75. The van der Waals surface area contributed by atoms with Crippen LogP contribution in [0.4, 0.5) is 0 Å². The van der Waals surface area contributed by atoms with Gasteiger partial charge in [-0.15, -0.1) is 0 Å². The molecular weight excluding hydrogens is 360 g/mol. The van der Waals surface area contributed by atoms with Crippen LogP contribution >= 0.6 is 0 Å². The molecule has 0 spiro atoms. The molecule has 1 aliphatic heterocycles. The van der Waals surface area contributed by atoms with E-state index in [9.17, 15) is 13.2 Å². The zero-order chi connectivity index (χ0) is 18.3. The number of piperidine rings is 1. The number of likely N-dealkylation sites (tertiary alicyclic amines) is 1. The van der Waals surface area contributed by atoms with Crippen molar-refractivity contribution < 1.29 is 17.7 Å². The summed E-state index contributed by atoms with van der Waals surface area (Å²) in [6.07, 6.45) is 6.65. The Morgan fingerprint density at radius 3 is 2.92 bits per heavy atom. The molecule has 136 valence electrons. The van der Waals surface area contributed by atoms with E-state index in [-0.39, 0.29) is 22.5 Å². The molecule has 1 aliphatic rings. The van der Waals surface area contributed by atoms with Crippen LogP contribution in [0.3, 0.4) is 0 Å². The van der Waals surface area contributed by atoms with Crippen molar-refractivity contribution in [3.05, 3.63) is 36.2 Å². The van der Waals surface area contributed by atoms with Gasteiger partial charge in [-0.2, -0.15) is 14.6 Å². The fourth-order valence-electron chi connectivity index (χ4n) is 3.31. The summed E-state index contributed by atoms with van der Waals surface area (Å²) in [4.78, 5) is 22.4. The predicted molar refractivity (Wildman–Crippen MR) is 88.3 cm³/mol. The van der Waals surface area contributed by atoms with Crippen LogP contribution in [0.25, 0.3) is 5.78 Å². The lowest BCUT2D eigenvalue weighted by Gasteiger charge is -2.32. The standard InChI is InChI=1S/C15H16N6O4S/c1-26(23,24)12-7-16-15-17-9-18-21(15)13(12)10-3-2-6-20(8-10)14(22)11-4-5-19-25-11/h4-5,7,9-10H,2-3,6,8H2,1H3/t10-/m1/s1. The second-order valence-electron chi connectivity index (χ2n) is 6.22. The molecule has 26 heavy (non-hydrogen) atoms. The molecule has 10 nitrogen and oxygen atoms in total. The highest BCUT2D eigenvalue weighted by Crippen LogP contribution is 2.31. The number of rotatable bonds is 3. The second kappa shape index (κ2) is 6.16. The first-order valence-corrected chi connectivity index (χ1v) is 9.93. The molecule has 1 amide bonds. The van der Waals surface area contributed by atoms with Crippen LogP contribution in [0.1, 0.15) is 35.0 Å². The summed E-state index contributed by atoms with van der Waals surface area (Å²) in [7, 11) is -3.52. The third-order valence-corrected chi connectivity index (χ3v) is 5.56. The third-order valence-electron chi connectivity index (χ3n) is 4.45. The minimum atomic E-state index is -3.52. The van der Waals surface area contributed by atoms with Gasteiger partial charge in [0.15, 0.2) is 9.84 Å². The van der Waals surface area contributed by atoms with Crippen LogP contribution in [-0.2, 0) is 9.84 Å². The number of amides is 1. The van der Waals surface area contributed by atoms with E-state index >= 15 is 0 Å². The van der Waals surface area contributed by atoms with Crippen molar-refractivity contribution in [2.45, 2.75) is 23.7 Å². The first-order chi connectivity index (χ1) is 12.4. The number of hydrogen-bond donors (Lipinski definition) is 0. The van der Waals surface area contributed by atoms with Gasteiger partial charge in [-0.05, 0) is 12.8 Å². The number of carbonyl (C=O) groups excluding carboxylic acids is 1. The van der Waals surface area contributed by atoms with Crippen LogP contribution in [0, 0.1) is 0 Å². The maximum absolute atomic E-state index is 12.6. The quantitative estimate of drug-likeness (QED) is 0.649. The molecule has 3 aromatic rings. The number of nitrogens with zero attached hydrogens (tertiary/aromatic N) is 6. The molecule has 0 bridgehead atoms. The van der Waals surface area contributed by atoms with Gasteiger partial charge in [0.2, 0.25) is 5.76 Å². The topological polar surface area (TPSA) is 124 Å². The number of carbonyl (C=O) groups is 1. The number of aromatic nitrogens is 5. The Labute approximate surface area is 148 Å². The zero-order valence-electron chi connectivity index (χ0n) is 13.9. The molecule has 0 unspecified atom stereocenters. The van der Waals surface area contributed by atoms with Crippen molar-refractivity contribution in [2.75, 3.05) is 19.3 Å². The average molecular weight is 376 g/mol. The first kappa shape index (κ1) is 16.6. The van der Waals surface area contributed by atoms with Crippen molar-refractivity contribution in [1.82, 2.24) is 29.6 Å². The Hall–Kier alpha value is -2.82. The van der Waals surface area contributed by atoms with Gasteiger partial charge in [-0.1, -0.05) is 5.16 Å². The fourth-order valence-corrected chi connectivity index (χ4v) is 4.18. The Morgan fingerprint density at radius 2 is 2.19 bits per heavy atom. The van der Waals surface area contributed by atoms with Crippen molar-refractivity contribution in [3.8, 4) is 0 Å². The Kier molecular flexibility index (Phi) is 3.94. The average Bonchev–Trinajstić information content (AvgIpc) is 3.30. The summed E-state index contributed by atoms with van der Waals surface area (Å²) in [5.74, 6) is 0.00486. The smallest absolute Gasteiger partial charge is 0.292 e. The third kappa shape index (κ3) is 2.83. The molecule has 1 saturated heterocycles. The van der Waals surface area contributed by atoms with E-state index in [1.165, 1.54) is 29.3 Å². The SMILES string of the molecule is CS(=O)(=O)c1cnc2ncnn2c1[C@@H]1CCCN(C(=O)c2ccno2)C1. The van der Waals surface area contributed by atoms with Gasteiger partial charge < -0.3 is 9.42 Å². The van der Waals surface area contributed by atoms with Gasteiger partial charge in [-0.3, -0.25) is 4.79 Å². The molecule has 0 radical (unpaired) electrons. The number of hydrogen-bond acceptors (Lipinski definition) is 8. The lowest BCUT2D eigenvalue weighted by atomic mass is 9.94. The predicted octanol–water partition coefficient (Wildman–Crippen LogP) is 0.536. The van der Waals surface area contributed by atoms with E-state index in [0.717, 1.165) is 19.1 Å². The van der Waals surface area contributed by atoms with E-state index in [2.05, 4.69) is 20.2 Å². The molecule has 0 N–H and O–H groups in total. The highest BCUT2D eigenvalue weighted by atomic mass is 32.2. The van der Waals surface area contributed by atoms with Crippen molar-refractivity contribution in [1.29, 1.82) is 0 Å². The van der Waals surface area contributed by atoms with E-state index < -0.39 is 9.84 Å². The Bertz CT molecular complexity index is 1060. The molecule has 1 fully saturated rings. The Morgan fingerprint density at radius 1 is 1.35 bits per heavy atom. The fraction of sp³-hybridized carbons (Fsp3) is 0.400. The summed E-state index contributed by atoms with van der Waals surface area (Å²) >= 11 is 0. The van der Waals surface area contributed by atoms with E-state index in [4.69, 9.17) is 4.52 Å². The molecule has 1 atom stereocenters. The monoisotopic (exact) mass is 376 g/mol. The summed E-state index contributed by atoms with van der Waals surface area (Å²) < 4.78 is 30.9. The number of sulfone groups is 1. The highest BCUT2D eigenvalue weighted by Gasteiger charge is 2.32. The maximum atomic E-state index is 12.6. The van der Waals surface area contributed by atoms with Crippen LogP contribution in [-0.4, -0.2) is 63.3 Å². The normalized spacial score (nSPS) is 18.3. The molecule has 0 aromatic carbocycles. The van der Waals surface area contributed by atoms with Crippen LogP contribution < -0.4 is 0 Å². The van der Waals surface area contributed by atoms with E-state index in [0.29, 0.717) is 24.6 Å². The maximum Gasteiger partial charge on any atom is 0.292 e. The first-order valence-electron chi connectivity index (χ1n) is 8.04. The van der Waals surface area contributed by atoms with Crippen LogP contribution in [0.15, 0.2) is 34.2 Å². The summed E-state index contributed by atoms with van der Waals surface area (Å²) in [6.45, 7) is 0.914. The molecule has 0 saturated carbocycles. The summed E-state index contributed by atoms with van der Waals surface area (Å²) in [5.41, 5.74) is 0.505. The molecule has 11 heteroatoms. The van der Waals surface area contributed by atoms with Crippen molar-refractivity contribution in [3.63, 3.8) is 0 Å². The highest BCUT2D eigenvalue weighted by molar-refractivity contribution is 7.90. The van der Waals surface area contributed by atoms with Gasteiger partial charge in [0.1, 0.15) is 11.2 Å². The minimum absolute atomic E-state index is 0.106. The van der Waals surface area contributed by atoms with Gasteiger partial charge in [0, 0.05) is 31.3 Å². The lowest BCUT2D eigenvalue weighted by Crippen LogP contribution is -2.39. The van der Waals surface area contributed by atoms with Crippen molar-refractivity contribution in [2.24, 2.45) is 0 Å². The van der Waals surface area contributed by atoms with Crippen LogP contribution in [0.2, 0.25) is 0 Å². The van der Waals surface area contributed by atoms with E-state index in [1.54, 1.807) is 4.90 Å². The second-order valence-corrected chi connectivity index (χ2v) is 8.20. The lowest BCUT2D eigenvalue weighted by molar-refractivity contribution is 0.0662.